The van der Waals surface area contributed by atoms with E-state index in [2.05, 4.69) is 20.8 Å². The maximum absolute atomic E-state index is 13.6. The molecule has 0 bridgehead atoms. The summed E-state index contributed by atoms with van der Waals surface area (Å²) in [7, 11) is 0. The van der Waals surface area contributed by atoms with E-state index in [1.54, 1.807) is 12.1 Å². The van der Waals surface area contributed by atoms with E-state index in [1.165, 1.54) is 12.8 Å². The molecule has 2 rings (SSSR count). The summed E-state index contributed by atoms with van der Waals surface area (Å²) in [5.41, 5.74) is 7.45. The molecule has 1 aliphatic carbocycles. The molecule has 1 saturated carbocycles. The highest BCUT2D eigenvalue weighted by Gasteiger charge is 2.37. The van der Waals surface area contributed by atoms with Crippen molar-refractivity contribution < 1.29 is 4.39 Å². The fourth-order valence-electron chi connectivity index (χ4n) is 3.70. The molecule has 3 unspecified atom stereocenters. The summed E-state index contributed by atoms with van der Waals surface area (Å²) in [4.78, 5) is 0. The predicted molar refractivity (Wildman–Crippen MR) is 83.4 cm³/mol. The quantitative estimate of drug-likeness (QED) is 0.851. The Balaban J connectivity index is 2.11. The first-order chi connectivity index (χ1) is 9.29. The van der Waals surface area contributed by atoms with E-state index < -0.39 is 0 Å². The standard InChI is InChI=1S/C17H25ClFN/c1-11-4-6-13(16(20)8-11)17(2,3)10-12-5-7-14(18)15(19)9-12/h5,7,9,11,13,16H,4,6,8,10,20H2,1-3H3. The topological polar surface area (TPSA) is 26.0 Å². The zero-order chi connectivity index (χ0) is 14.9. The molecule has 3 heteroatoms. The van der Waals surface area contributed by atoms with Crippen molar-refractivity contribution in [2.75, 3.05) is 0 Å². The van der Waals surface area contributed by atoms with Gasteiger partial charge in [-0.1, -0.05) is 44.9 Å². The molecule has 0 aromatic heterocycles. The molecule has 1 nitrogen and oxygen atoms in total. The van der Waals surface area contributed by atoms with Gasteiger partial charge in [-0.3, -0.25) is 0 Å². The van der Waals surface area contributed by atoms with Crippen molar-refractivity contribution in [1.82, 2.24) is 0 Å². The second-order valence-electron chi connectivity index (χ2n) is 7.10. The minimum absolute atomic E-state index is 0.0832. The zero-order valence-corrected chi connectivity index (χ0v) is 13.4. The molecule has 0 radical (unpaired) electrons. The van der Waals surface area contributed by atoms with Crippen molar-refractivity contribution in [3.63, 3.8) is 0 Å². The molecule has 1 aliphatic rings. The number of rotatable bonds is 3. The lowest BCUT2D eigenvalue weighted by Gasteiger charge is -2.43. The number of halogens is 2. The third kappa shape index (κ3) is 3.53. The van der Waals surface area contributed by atoms with E-state index in [0.717, 1.165) is 24.3 Å². The minimum atomic E-state index is -0.332. The van der Waals surface area contributed by atoms with Crippen molar-refractivity contribution in [3.05, 3.63) is 34.6 Å². The van der Waals surface area contributed by atoms with Crippen LogP contribution in [0.2, 0.25) is 5.02 Å². The van der Waals surface area contributed by atoms with Crippen LogP contribution < -0.4 is 5.73 Å². The third-order valence-corrected chi connectivity index (χ3v) is 5.12. The number of hydrogen-bond donors (Lipinski definition) is 1. The molecule has 0 aliphatic heterocycles. The molecule has 1 aromatic rings. The molecule has 0 amide bonds. The lowest BCUT2D eigenvalue weighted by Crippen LogP contribution is -2.44. The van der Waals surface area contributed by atoms with Crippen LogP contribution in [-0.2, 0) is 6.42 Å². The molecule has 112 valence electrons. The first-order valence-corrected chi connectivity index (χ1v) is 7.87. The van der Waals surface area contributed by atoms with Crippen LogP contribution in [0.25, 0.3) is 0 Å². The highest BCUT2D eigenvalue weighted by atomic mass is 35.5. The Morgan fingerprint density at radius 1 is 1.35 bits per heavy atom. The summed E-state index contributed by atoms with van der Waals surface area (Å²) < 4.78 is 13.6. The second kappa shape index (κ2) is 6.03. The molecule has 1 fully saturated rings. The molecule has 3 atom stereocenters. The Bertz CT molecular complexity index is 472. The Kier molecular flexibility index (Phi) is 4.76. The van der Waals surface area contributed by atoms with Crippen LogP contribution in [-0.4, -0.2) is 6.04 Å². The van der Waals surface area contributed by atoms with Gasteiger partial charge in [0.05, 0.1) is 5.02 Å². The Labute approximate surface area is 126 Å². The first kappa shape index (κ1) is 15.8. The molecule has 1 aromatic carbocycles. The van der Waals surface area contributed by atoms with Crippen molar-refractivity contribution in [1.29, 1.82) is 0 Å². The van der Waals surface area contributed by atoms with Crippen molar-refractivity contribution in [2.45, 2.75) is 52.5 Å². The second-order valence-corrected chi connectivity index (χ2v) is 7.51. The highest BCUT2D eigenvalue weighted by Crippen LogP contribution is 2.41. The fourth-order valence-corrected chi connectivity index (χ4v) is 3.82. The molecule has 20 heavy (non-hydrogen) atoms. The fraction of sp³-hybridized carbons (Fsp3) is 0.647. The van der Waals surface area contributed by atoms with Gasteiger partial charge in [0, 0.05) is 6.04 Å². The lowest BCUT2D eigenvalue weighted by molar-refractivity contribution is 0.113. The summed E-state index contributed by atoms with van der Waals surface area (Å²) in [5, 5.41) is 0.190. The zero-order valence-electron chi connectivity index (χ0n) is 12.6. The van der Waals surface area contributed by atoms with Crippen LogP contribution >= 0.6 is 11.6 Å². The normalized spacial score (nSPS) is 27.6. The van der Waals surface area contributed by atoms with Gasteiger partial charge < -0.3 is 5.73 Å². The Morgan fingerprint density at radius 2 is 2.05 bits per heavy atom. The van der Waals surface area contributed by atoms with E-state index in [1.807, 2.05) is 6.07 Å². The van der Waals surface area contributed by atoms with E-state index >= 15 is 0 Å². The van der Waals surface area contributed by atoms with Gasteiger partial charge in [0.1, 0.15) is 5.82 Å². The van der Waals surface area contributed by atoms with Crippen LogP contribution in [0.3, 0.4) is 0 Å². The average molecular weight is 298 g/mol. The highest BCUT2D eigenvalue weighted by molar-refractivity contribution is 6.30. The molecule has 0 heterocycles. The predicted octanol–water partition coefficient (Wildman–Crippen LogP) is 4.81. The van der Waals surface area contributed by atoms with Crippen LogP contribution in [0.15, 0.2) is 18.2 Å². The summed E-state index contributed by atoms with van der Waals surface area (Å²) >= 11 is 5.74. The van der Waals surface area contributed by atoms with Crippen LogP contribution in [0.1, 0.15) is 45.6 Å². The van der Waals surface area contributed by atoms with Gasteiger partial charge in [0.2, 0.25) is 0 Å². The first-order valence-electron chi connectivity index (χ1n) is 7.49. The molecule has 0 spiro atoms. The number of hydrogen-bond acceptors (Lipinski definition) is 1. The third-order valence-electron chi connectivity index (χ3n) is 4.81. The number of benzene rings is 1. The Morgan fingerprint density at radius 3 is 2.65 bits per heavy atom. The molecule has 2 N–H and O–H groups in total. The minimum Gasteiger partial charge on any atom is -0.327 e. The average Bonchev–Trinajstić information content (AvgIpc) is 2.33. The van der Waals surface area contributed by atoms with Gasteiger partial charge >= 0.3 is 0 Å². The monoisotopic (exact) mass is 297 g/mol. The molecule has 0 saturated heterocycles. The van der Waals surface area contributed by atoms with E-state index in [-0.39, 0.29) is 22.3 Å². The molecular formula is C17H25ClFN. The number of nitrogens with two attached hydrogens (primary N) is 1. The lowest BCUT2D eigenvalue weighted by atomic mass is 9.64. The van der Waals surface area contributed by atoms with Crippen LogP contribution in [0.4, 0.5) is 4.39 Å². The summed E-state index contributed by atoms with van der Waals surface area (Å²) in [6.45, 7) is 6.78. The van der Waals surface area contributed by atoms with Crippen molar-refractivity contribution >= 4 is 11.6 Å². The van der Waals surface area contributed by atoms with E-state index in [4.69, 9.17) is 17.3 Å². The largest absolute Gasteiger partial charge is 0.327 e. The van der Waals surface area contributed by atoms with Crippen LogP contribution in [0.5, 0.6) is 0 Å². The smallest absolute Gasteiger partial charge is 0.142 e. The summed E-state index contributed by atoms with van der Waals surface area (Å²) in [6, 6.07) is 5.38. The maximum Gasteiger partial charge on any atom is 0.142 e. The van der Waals surface area contributed by atoms with E-state index in [9.17, 15) is 4.39 Å². The van der Waals surface area contributed by atoms with Gasteiger partial charge in [0.15, 0.2) is 0 Å². The van der Waals surface area contributed by atoms with Gasteiger partial charge in [-0.25, -0.2) is 4.39 Å². The SMILES string of the molecule is CC1CCC(C(C)(C)Cc2ccc(Cl)c(F)c2)C(N)C1. The van der Waals surface area contributed by atoms with E-state index in [0.29, 0.717) is 5.92 Å². The molecular weight excluding hydrogens is 273 g/mol. The van der Waals surface area contributed by atoms with Gasteiger partial charge in [0.25, 0.3) is 0 Å². The Hall–Kier alpha value is -0.600. The van der Waals surface area contributed by atoms with Gasteiger partial charge in [-0.05, 0) is 54.2 Å². The summed E-state index contributed by atoms with van der Waals surface area (Å²) in [6.07, 6.45) is 4.36. The van der Waals surface area contributed by atoms with Crippen molar-refractivity contribution in [3.8, 4) is 0 Å². The van der Waals surface area contributed by atoms with Crippen LogP contribution in [0, 0.1) is 23.1 Å². The maximum atomic E-state index is 13.6. The van der Waals surface area contributed by atoms with Gasteiger partial charge in [-0.15, -0.1) is 0 Å². The van der Waals surface area contributed by atoms with Gasteiger partial charge in [-0.2, -0.15) is 0 Å². The van der Waals surface area contributed by atoms with Crippen molar-refractivity contribution in [2.24, 2.45) is 23.0 Å². The summed E-state index contributed by atoms with van der Waals surface area (Å²) in [5.74, 6) is 0.893.